The van der Waals surface area contributed by atoms with Crippen molar-refractivity contribution in [1.29, 1.82) is 0 Å². The number of hydrogen-bond acceptors (Lipinski definition) is 10. The highest BCUT2D eigenvalue weighted by molar-refractivity contribution is 6.38. The number of hydrazone groups is 1. The first-order valence-corrected chi connectivity index (χ1v) is 9.32. The van der Waals surface area contributed by atoms with Gasteiger partial charge in [0.05, 0.1) is 17.6 Å². The number of amides is 1. The Morgan fingerprint density at radius 1 is 1.16 bits per heavy atom. The third-order valence-electron chi connectivity index (χ3n) is 6.06. The Kier molecular flexibility index (Phi) is 4.40. The van der Waals surface area contributed by atoms with Gasteiger partial charge >= 0.3 is 0 Å². The fourth-order valence-electron chi connectivity index (χ4n) is 4.64. The second kappa shape index (κ2) is 6.54. The van der Waals surface area contributed by atoms with Gasteiger partial charge in [0.1, 0.15) is 22.8 Å². The average Bonchev–Trinajstić information content (AvgIpc) is 2.70. The van der Waals surface area contributed by atoms with Crippen molar-refractivity contribution >= 4 is 40.5 Å². The normalized spacial score (nSPS) is 31.5. The fraction of sp³-hybridized carbons (Fsp3) is 0.263. The van der Waals surface area contributed by atoms with Gasteiger partial charge in [-0.3, -0.25) is 14.4 Å². The van der Waals surface area contributed by atoms with E-state index >= 15 is 0 Å². The number of allylic oxidation sites excluding steroid dienone is 1. The largest absolute Gasteiger partial charge is 0.507 e. The Morgan fingerprint density at radius 3 is 2.39 bits per heavy atom. The molecule has 1 fully saturated rings. The number of phenols is 1. The number of halogens is 1. The van der Waals surface area contributed by atoms with E-state index in [1.807, 2.05) is 0 Å². The van der Waals surface area contributed by atoms with Crippen LogP contribution >= 0.6 is 11.6 Å². The van der Waals surface area contributed by atoms with Crippen molar-refractivity contribution in [1.82, 2.24) is 0 Å². The molecule has 3 aliphatic carbocycles. The average molecular weight is 450 g/mol. The summed E-state index contributed by atoms with van der Waals surface area (Å²) in [5.74, 6) is -4.03. The van der Waals surface area contributed by atoms with Crippen molar-refractivity contribution < 1.29 is 39.9 Å². The highest BCUT2D eigenvalue weighted by atomic mass is 35.5. The summed E-state index contributed by atoms with van der Waals surface area (Å²) in [5, 5.41) is 56.7. The van der Waals surface area contributed by atoms with Crippen LogP contribution in [-0.4, -0.2) is 54.3 Å². The minimum absolute atomic E-state index is 0.00891. The van der Waals surface area contributed by atoms with Crippen LogP contribution in [-0.2, 0) is 14.4 Å². The molecule has 1 saturated carbocycles. The number of aromatic hydroxyl groups is 1. The van der Waals surface area contributed by atoms with E-state index in [0.717, 1.165) is 6.07 Å². The molecule has 1 aromatic carbocycles. The molecule has 0 saturated heterocycles. The summed E-state index contributed by atoms with van der Waals surface area (Å²) in [4.78, 5) is 38.0. The molecule has 1 amide bonds. The van der Waals surface area contributed by atoms with Gasteiger partial charge in [0.15, 0.2) is 11.4 Å². The number of carbonyl (C=O) groups excluding carboxylic acids is 3. The van der Waals surface area contributed by atoms with E-state index in [1.165, 1.54) is 6.07 Å². The predicted octanol–water partition coefficient (Wildman–Crippen LogP) is -0.507. The first-order chi connectivity index (χ1) is 14.5. The summed E-state index contributed by atoms with van der Waals surface area (Å²) in [6, 6.07) is 2.41. The maximum atomic E-state index is 13.4. The number of ketones is 2. The van der Waals surface area contributed by atoms with Gasteiger partial charge in [0.2, 0.25) is 11.6 Å². The van der Waals surface area contributed by atoms with Crippen molar-refractivity contribution in [2.24, 2.45) is 28.5 Å². The second-order valence-corrected chi connectivity index (χ2v) is 7.89. The molecular formula is C19H16ClN3O8. The Balaban J connectivity index is 2.02. The number of benzene rings is 1. The summed E-state index contributed by atoms with van der Waals surface area (Å²) in [6.07, 6.45) is -1.93. The number of carbonyl (C=O) groups is 3. The molecule has 3 aliphatic rings. The molecule has 0 heterocycles. The molecule has 31 heavy (non-hydrogen) atoms. The van der Waals surface area contributed by atoms with E-state index < -0.39 is 81.6 Å². The molecular weight excluding hydrogens is 434 g/mol. The summed E-state index contributed by atoms with van der Waals surface area (Å²) in [5.41, 5.74) is -0.406. The standard InChI is InChI=1S/C19H16ClN3O8/c20-6-1-2-7(24)10-9(6)13(25)4-3-5-12(23-22)15(27)11(18(21)30)17(29)19(5,31)16(28)8(4)14(10)26/h1-2,4-5,13,24-27,31H,3,22H2,(H2,21,30). The van der Waals surface area contributed by atoms with Crippen molar-refractivity contribution in [2.75, 3.05) is 0 Å². The fourth-order valence-corrected chi connectivity index (χ4v) is 4.91. The van der Waals surface area contributed by atoms with Crippen LogP contribution in [0.4, 0.5) is 0 Å². The first-order valence-electron chi connectivity index (χ1n) is 8.94. The number of primary amides is 1. The Labute approximate surface area is 178 Å². The molecule has 9 N–H and O–H groups in total. The van der Waals surface area contributed by atoms with E-state index in [9.17, 15) is 39.9 Å². The lowest BCUT2D eigenvalue weighted by Gasteiger charge is -2.46. The van der Waals surface area contributed by atoms with Gasteiger partial charge in [-0.05, 0) is 18.6 Å². The monoisotopic (exact) mass is 449 g/mol. The number of aliphatic hydroxyl groups is 4. The number of fused-ring (bicyclic) bond motifs is 3. The van der Waals surface area contributed by atoms with Gasteiger partial charge in [-0.15, -0.1) is 0 Å². The highest BCUT2D eigenvalue weighted by Gasteiger charge is 2.65. The number of Topliss-reactive ketones (excluding diaryl/α,β-unsaturated/α-hetero) is 2. The van der Waals surface area contributed by atoms with Crippen molar-refractivity contribution in [3.63, 3.8) is 0 Å². The molecule has 0 aromatic heterocycles. The lowest BCUT2D eigenvalue weighted by Crippen LogP contribution is -2.64. The third kappa shape index (κ3) is 2.42. The summed E-state index contributed by atoms with van der Waals surface area (Å²) in [7, 11) is 0. The molecule has 12 heteroatoms. The first kappa shape index (κ1) is 20.8. The van der Waals surface area contributed by atoms with Crippen LogP contribution in [0.3, 0.4) is 0 Å². The van der Waals surface area contributed by atoms with Gasteiger partial charge in [-0.2, -0.15) is 5.10 Å². The van der Waals surface area contributed by atoms with Crippen LogP contribution in [0.25, 0.3) is 5.76 Å². The molecule has 4 atom stereocenters. The highest BCUT2D eigenvalue weighted by Crippen LogP contribution is 2.54. The lowest BCUT2D eigenvalue weighted by molar-refractivity contribution is -0.155. The third-order valence-corrected chi connectivity index (χ3v) is 6.39. The Morgan fingerprint density at radius 2 is 1.81 bits per heavy atom. The minimum Gasteiger partial charge on any atom is -0.507 e. The smallest absolute Gasteiger partial charge is 0.256 e. The quantitative estimate of drug-likeness (QED) is 0.127. The van der Waals surface area contributed by atoms with Crippen LogP contribution in [0.1, 0.15) is 23.7 Å². The van der Waals surface area contributed by atoms with Crippen molar-refractivity contribution in [3.8, 4) is 5.75 Å². The van der Waals surface area contributed by atoms with Crippen LogP contribution in [0.2, 0.25) is 5.02 Å². The SMILES string of the molecule is NN=C1C(O)=C(C(N)=O)C(=O)C2(O)C(=O)C3=C(O)c4c(O)ccc(Cl)c4C(O)C3CC12. The van der Waals surface area contributed by atoms with E-state index in [0.29, 0.717) is 0 Å². The summed E-state index contributed by atoms with van der Waals surface area (Å²) >= 11 is 6.13. The molecule has 0 aliphatic heterocycles. The Bertz CT molecular complexity index is 1190. The molecule has 0 radical (unpaired) electrons. The maximum absolute atomic E-state index is 13.4. The lowest BCUT2D eigenvalue weighted by atomic mass is 9.57. The topological polar surface area (TPSA) is 217 Å². The van der Waals surface area contributed by atoms with Crippen LogP contribution in [0.15, 0.2) is 34.1 Å². The number of rotatable bonds is 1. The van der Waals surface area contributed by atoms with E-state index in [1.54, 1.807) is 0 Å². The summed E-state index contributed by atoms with van der Waals surface area (Å²) < 4.78 is 0. The number of nitrogens with zero attached hydrogens (tertiary/aromatic N) is 1. The molecule has 0 bridgehead atoms. The maximum Gasteiger partial charge on any atom is 0.256 e. The van der Waals surface area contributed by atoms with Gasteiger partial charge in [0, 0.05) is 22.1 Å². The zero-order valence-corrected chi connectivity index (χ0v) is 16.3. The van der Waals surface area contributed by atoms with Gasteiger partial charge in [-0.25, -0.2) is 0 Å². The molecule has 162 valence electrons. The molecule has 4 rings (SSSR count). The Hall–Kier alpha value is -3.41. The zero-order valence-electron chi connectivity index (χ0n) is 15.5. The number of phenolic OH excluding ortho intramolecular Hbond substituents is 1. The van der Waals surface area contributed by atoms with Crippen molar-refractivity contribution in [3.05, 3.63) is 45.2 Å². The van der Waals surface area contributed by atoms with Crippen LogP contribution in [0, 0.1) is 11.8 Å². The second-order valence-electron chi connectivity index (χ2n) is 7.48. The minimum atomic E-state index is -2.99. The number of hydrogen-bond donors (Lipinski definition) is 7. The molecule has 1 aromatic rings. The molecule has 4 unspecified atom stereocenters. The zero-order chi connectivity index (χ0) is 23.0. The number of aliphatic hydroxyl groups excluding tert-OH is 3. The van der Waals surface area contributed by atoms with E-state index in [2.05, 4.69) is 5.10 Å². The van der Waals surface area contributed by atoms with Gasteiger partial charge < -0.3 is 37.1 Å². The molecule has 0 spiro atoms. The van der Waals surface area contributed by atoms with Gasteiger partial charge in [-0.1, -0.05) is 11.6 Å². The number of nitrogens with two attached hydrogens (primary N) is 2. The van der Waals surface area contributed by atoms with E-state index in [4.69, 9.17) is 23.2 Å². The molecule has 11 nitrogen and oxygen atoms in total. The van der Waals surface area contributed by atoms with Gasteiger partial charge in [0.25, 0.3) is 5.91 Å². The van der Waals surface area contributed by atoms with E-state index in [-0.39, 0.29) is 16.1 Å². The van der Waals surface area contributed by atoms with Crippen LogP contribution in [0.5, 0.6) is 5.75 Å². The summed E-state index contributed by atoms with van der Waals surface area (Å²) in [6.45, 7) is 0. The van der Waals surface area contributed by atoms with Crippen molar-refractivity contribution in [2.45, 2.75) is 18.1 Å². The van der Waals surface area contributed by atoms with Crippen LogP contribution < -0.4 is 11.6 Å². The predicted molar refractivity (Wildman–Crippen MR) is 105 cm³/mol.